The molecule has 34 heavy (non-hydrogen) atoms. The molecule has 1 unspecified atom stereocenters. The summed E-state index contributed by atoms with van der Waals surface area (Å²) in [7, 11) is 0. The molecule has 1 amide bonds. The van der Waals surface area contributed by atoms with Crippen molar-refractivity contribution in [1.82, 2.24) is 9.80 Å². The number of aliphatic hydroxyl groups is 1. The molecule has 1 aliphatic rings. The van der Waals surface area contributed by atoms with Gasteiger partial charge in [-0.25, -0.2) is 4.39 Å². The highest BCUT2D eigenvalue weighted by atomic mass is 19.1. The molecule has 0 radical (unpaired) electrons. The standard InChI is InChI=1S/C27H35FN2O4/c1-4-6-15-29(16-7-5-2)17-10-18-30-24(20-11-8-9-12-21(20)28)23(26(32)27(30)33)25(31)22-14-13-19(3)34-22/h8-9,11-14,24,32H,4-7,10,15-18H2,1-3H3. The Bertz CT molecular complexity index is 1020. The number of unbranched alkanes of at least 4 members (excludes halogenated alkanes) is 2. The first kappa shape index (κ1) is 25.7. The number of nitrogens with zero attached hydrogens (tertiary/aromatic N) is 2. The Morgan fingerprint density at radius 1 is 1.06 bits per heavy atom. The van der Waals surface area contributed by atoms with Crippen LogP contribution in [0.2, 0.25) is 0 Å². The van der Waals surface area contributed by atoms with Crippen LogP contribution in [-0.2, 0) is 4.79 Å². The Kier molecular flexibility index (Phi) is 9.05. The fraction of sp³-hybridized carbons (Fsp3) is 0.481. The molecule has 1 aromatic carbocycles. The number of aryl methyl sites for hydroxylation is 1. The molecule has 1 aromatic heterocycles. The van der Waals surface area contributed by atoms with E-state index in [1.165, 1.54) is 17.0 Å². The number of rotatable bonds is 13. The largest absolute Gasteiger partial charge is 0.503 e. The number of halogens is 1. The molecule has 1 aliphatic heterocycles. The molecule has 0 spiro atoms. The van der Waals surface area contributed by atoms with Crippen LogP contribution < -0.4 is 0 Å². The lowest BCUT2D eigenvalue weighted by atomic mass is 9.94. The first-order valence-electron chi connectivity index (χ1n) is 12.2. The van der Waals surface area contributed by atoms with E-state index in [1.807, 2.05) is 0 Å². The van der Waals surface area contributed by atoms with Crippen molar-refractivity contribution in [3.63, 3.8) is 0 Å². The maximum atomic E-state index is 14.9. The topological polar surface area (TPSA) is 74.0 Å². The maximum Gasteiger partial charge on any atom is 0.290 e. The lowest BCUT2D eigenvalue weighted by molar-refractivity contribution is -0.129. The van der Waals surface area contributed by atoms with Crippen LogP contribution in [0.1, 0.15) is 73.9 Å². The predicted molar refractivity (Wildman–Crippen MR) is 129 cm³/mol. The molecule has 0 saturated heterocycles. The van der Waals surface area contributed by atoms with Gasteiger partial charge in [0.25, 0.3) is 5.91 Å². The summed E-state index contributed by atoms with van der Waals surface area (Å²) >= 11 is 0. The van der Waals surface area contributed by atoms with Crippen LogP contribution in [0, 0.1) is 12.7 Å². The molecule has 6 nitrogen and oxygen atoms in total. The van der Waals surface area contributed by atoms with Crippen LogP contribution in [0.3, 0.4) is 0 Å². The minimum atomic E-state index is -1.01. The summed E-state index contributed by atoms with van der Waals surface area (Å²) in [4.78, 5) is 30.1. The first-order chi connectivity index (χ1) is 16.4. The molecule has 184 valence electrons. The number of hydrogen-bond acceptors (Lipinski definition) is 5. The number of carbonyl (C=O) groups is 2. The number of aliphatic hydroxyl groups excluding tert-OH is 1. The average molecular weight is 471 g/mol. The molecule has 0 bridgehead atoms. The van der Waals surface area contributed by atoms with E-state index >= 15 is 0 Å². The van der Waals surface area contributed by atoms with E-state index in [-0.39, 0.29) is 16.9 Å². The lowest BCUT2D eigenvalue weighted by Crippen LogP contribution is -2.35. The van der Waals surface area contributed by atoms with Gasteiger partial charge in [-0.2, -0.15) is 0 Å². The van der Waals surface area contributed by atoms with Gasteiger partial charge in [-0.3, -0.25) is 9.59 Å². The van der Waals surface area contributed by atoms with Gasteiger partial charge < -0.3 is 19.3 Å². The van der Waals surface area contributed by atoms with Crippen molar-refractivity contribution in [2.24, 2.45) is 0 Å². The summed E-state index contributed by atoms with van der Waals surface area (Å²) in [5.74, 6) is -1.89. The van der Waals surface area contributed by atoms with Gasteiger partial charge in [0.05, 0.1) is 11.6 Å². The number of ketones is 1. The number of Topliss-reactive ketones (excluding diaryl/α,β-unsaturated/α-hetero) is 1. The number of furan rings is 1. The zero-order chi connectivity index (χ0) is 24.7. The maximum absolute atomic E-state index is 14.9. The van der Waals surface area contributed by atoms with Crippen molar-refractivity contribution in [3.05, 3.63) is 70.6 Å². The SMILES string of the molecule is CCCCN(CCCC)CCCN1C(=O)C(O)=C(C(=O)c2ccc(C)o2)C1c1ccccc1F. The third-order valence-corrected chi connectivity index (χ3v) is 6.24. The second-order valence-corrected chi connectivity index (χ2v) is 8.83. The molecule has 7 heteroatoms. The summed E-state index contributed by atoms with van der Waals surface area (Å²) in [5, 5.41) is 10.7. The lowest BCUT2D eigenvalue weighted by Gasteiger charge is -2.28. The van der Waals surface area contributed by atoms with Gasteiger partial charge in [0.1, 0.15) is 11.6 Å². The van der Waals surface area contributed by atoms with Crippen molar-refractivity contribution in [1.29, 1.82) is 0 Å². The number of amides is 1. The van der Waals surface area contributed by atoms with E-state index in [2.05, 4.69) is 18.7 Å². The monoisotopic (exact) mass is 470 g/mol. The van der Waals surface area contributed by atoms with Gasteiger partial charge >= 0.3 is 0 Å². The van der Waals surface area contributed by atoms with E-state index in [0.717, 1.165) is 45.3 Å². The Balaban J connectivity index is 1.85. The van der Waals surface area contributed by atoms with Gasteiger partial charge in [0, 0.05) is 12.1 Å². The van der Waals surface area contributed by atoms with E-state index in [1.54, 1.807) is 31.2 Å². The van der Waals surface area contributed by atoms with E-state index < -0.39 is 29.3 Å². The van der Waals surface area contributed by atoms with Crippen molar-refractivity contribution in [2.75, 3.05) is 26.2 Å². The molecule has 2 aromatic rings. The summed E-state index contributed by atoms with van der Waals surface area (Å²) in [5.41, 5.74) is 0.0404. The van der Waals surface area contributed by atoms with Gasteiger partial charge in [-0.05, 0) is 64.0 Å². The summed E-state index contributed by atoms with van der Waals surface area (Å²) in [6, 6.07) is 8.19. The third-order valence-electron chi connectivity index (χ3n) is 6.24. The molecule has 3 rings (SSSR count). The molecule has 0 saturated carbocycles. The van der Waals surface area contributed by atoms with E-state index in [0.29, 0.717) is 18.7 Å². The minimum Gasteiger partial charge on any atom is -0.503 e. The number of carbonyl (C=O) groups excluding carboxylic acids is 2. The Hall–Kier alpha value is -2.93. The predicted octanol–water partition coefficient (Wildman–Crippen LogP) is 5.60. The second-order valence-electron chi connectivity index (χ2n) is 8.83. The van der Waals surface area contributed by atoms with Crippen LogP contribution in [0.15, 0.2) is 52.1 Å². The normalized spacial score (nSPS) is 16.2. The van der Waals surface area contributed by atoms with Gasteiger partial charge in [-0.15, -0.1) is 0 Å². The minimum absolute atomic E-state index is 0.0142. The molecule has 0 fully saturated rings. The number of hydrogen-bond donors (Lipinski definition) is 1. The van der Waals surface area contributed by atoms with E-state index in [4.69, 9.17) is 4.42 Å². The van der Waals surface area contributed by atoms with Crippen LogP contribution in [0.25, 0.3) is 0 Å². The summed E-state index contributed by atoms with van der Waals surface area (Å²) in [6.45, 7) is 9.09. The molecule has 1 N–H and O–H groups in total. The highest BCUT2D eigenvalue weighted by Crippen LogP contribution is 2.40. The van der Waals surface area contributed by atoms with Crippen LogP contribution >= 0.6 is 0 Å². The third kappa shape index (κ3) is 5.76. The van der Waals surface area contributed by atoms with Crippen LogP contribution in [-0.4, -0.2) is 52.8 Å². The smallest absolute Gasteiger partial charge is 0.290 e. The number of benzene rings is 1. The van der Waals surface area contributed by atoms with Gasteiger partial charge in [0.15, 0.2) is 11.5 Å². The zero-order valence-electron chi connectivity index (χ0n) is 20.3. The van der Waals surface area contributed by atoms with Crippen molar-refractivity contribution < 1.29 is 23.5 Å². The fourth-order valence-corrected chi connectivity index (χ4v) is 4.39. The summed E-state index contributed by atoms with van der Waals surface area (Å²) in [6.07, 6.45) is 5.08. The zero-order valence-corrected chi connectivity index (χ0v) is 20.3. The van der Waals surface area contributed by atoms with Crippen molar-refractivity contribution in [2.45, 2.75) is 58.9 Å². The van der Waals surface area contributed by atoms with Crippen LogP contribution in [0.4, 0.5) is 4.39 Å². The average Bonchev–Trinajstić information content (AvgIpc) is 3.37. The molecular formula is C27H35FN2O4. The molecule has 1 atom stereocenters. The van der Waals surface area contributed by atoms with Crippen molar-refractivity contribution in [3.8, 4) is 0 Å². The first-order valence-corrected chi connectivity index (χ1v) is 12.2. The Morgan fingerprint density at radius 2 is 1.71 bits per heavy atom. The van der Waals surface area contributed by atoms with Gasteiger partial charge in [0.2, 0.25) is 5.78 Å². The van der Waals surface area contributed by atoms with Crippen molar-refractivity contribution >= 4 is 11.7 Å². The summed E-state index contributed by atoms with van der Waals surface area (Å²) < 4.78 is 20.3. The quantitative estimate of drug-likeness (QED) is 0.386. The molecule has 2 heterocycles. The van der Waals surface area contributed by atoms with Crippen LogP contribution in [0.5, 0.6) is 0 Å². The second kappa shape index (κ2) is 12.0. The fourth-order valence-electron chi connectivity index (χ4n) is 4.39. The molecular weight excluding hydrogens is 435 g/mol. The highest BCUT2D eigenvalue weighted by molar-refractivity contribution is 6.15. The highest BCUT2D eigenvalue weighted by Gasteiger charge is 2.45. The molecule has 0 aliphatic carbocycles. The Morgan fingerprint density at radius 3 is 2.29 bits per heavy atom. The Labute approximate surface area is 201 Å². The van der Waals surface area contributed by atoms with Gasteiger partial charge in [-0.1, -0.05) is 44.9 Å². The van der Waals surface area contributed by atoms with E-state index in [9.17, 15) is 19.1 Å².